The Labute approximate surface area is 264 Å². The third-order valence-corrected chi connectivity index (χ3v) is 10.5. The number of hydrogen-bond acceptors (Lipinski definition) is 11. The Morgan fingerprint density at radius 2 is 1.98 bits per heavy atom. The first kappa shape index (κ1) is 30.6. The van der Waals surface area contributed by atoms with Crippen LogP contribution >= 0.6 is 11.3 Å². The van der Waals surface area contributed by atoms with Crippen molar-refractivity contribution in [3.63, 3.8) is 0 Å². The first-order chi connectivity index (χ1) is 21.6. The van der Waals surface area contributed by atoms with E-state index in [1.54, 1.807) is 37.6 Å². The summed E-state index contributed by atoms with van der Waals surface area (Å²) in [6.07, 6.45) is 6.63. The Morgan fingerprint density at radius 1 is 1.18 bits per heavy atom. The lowest BCUT2D eigenvalue weighted by molar-refractivity contribution is 0.0937. The van der Waals surface area contributed by atoms with Crippen molar-refractivity contribution in [2.75, 3.05) is 25.5 Å². The molecule has 0 saturated carbocycles. The van der Waals surface area contributed by atoms with Crippen LogP contribution in [-0.2, 0) is 16.6 Å². The molecule has 1 N–H and O–H groups in total. The summed E-state index contributed by atoms with van der Waals surface area (Å²) >= 11 is 0.999. The number of thiazole rings is 1. The average molecular weight is 648 g/mol. The van der Waals surface area contributed by atoms with E-state index in [4.69, 9.17) is 4.74 Å². The molecule has 234 valence electrons. The number of carbonyl (C=O) groups excluding carboxylic acids is 1. The van der Waals surface area contributed by atoms with Gasteiger partial charge in [-0.1, -0.05) is 13.8 Å². The second-order valence-electron chi connectivity index (χ2n) is 11.3. The predicted octanol–water partition coefficient (Wildman–Crippen LogP) is 4.39. The fourth-order valence-corrected chi connectivity index (χ4v) is 7.62. The van der Waals surface area contributed by atoms with Crippen molar-refractivity contribution in [1.82, 2.24) is 28.4 Å². The van der Waals surface area contributed by atoms with Crippen molar-refractivity contribution in [3.8, 4) is 5.75 Å². The summed E-state index contributed by atoms with van der Waals surface area (Å²) in [6.45, 7) is 5.24. The second kappa shape index (κ2) is 12.5. The van der Waals surface area contributed by atoms with E-state index in [-0.39, 0.29) is 39.9 Å². The molecule has 14 heteroatoms. The van der Waals surface area contributed by atoms with Gasteiger partial charge in [-0.25, -0.2) is 13.9 Å². The van der Waals surface area contributed by atoms with Crippen molar-refractivity contribution >= 4 is 49.8 Å². The number of rotatable bonds is 10. The molecule has 5 aromatic rings. The highest BCUT2D eigenvalue weighted by molar-refractivity contribution is 7.91. The van der Waals surface area contributed by atoms with Gasteiger partial charge in [-0.15, -0.1) is 11.3 Å². The van der Waals surface area contributed by atoms with E-state index in [2.05, 4.69) is 32.2 Å². The first-order valence-corrected chi connectivity index (χ1v) is 16.9. The highest BCUT2D eigenvalue weighted by atomic mass is 32.2. The largest absolute Gasteiger partial charge is 0.489 e. The molecule has 0 spiro atoms. The Morgan fingerprint density at radius 3 is 2.69 bits per heavy atom. The zero-order chi connectivity index (χ0) is 31.7. The van der Waals surface area contributed by atoms with Crippen molar-refractivity contribution in [2.45, 2.75) is 43.7 Å². The maximum absolute atomic E-state index is 13.8. The molecule has 1 atom stereocenters. The van der Waals surface area contributed by atoms with Crippen molar-refractivity contribution < 1.29 is 17.9 Å². The van der Waals surface area contributed by atoms with Gasteiger partial charge in [-0.3, -0.25) is 14.2 Å². The maximum Gasteiger partial charge on any atom is 0.295 e. The minimum atomic E-state index is -3.99. The molecular weight excluding hydrogens is 615 g/mol. The van der Waals surface area contributed by atoms with Crippen molar-refractivity contribution in [3.05, 3.63) is 88.0 Å². The van der Waals surface area contributed by atoms with Crippen LogP contribution in [0.25, 0.3) is 11.0 Å². The number of benzene rings is 1. The highest BCUT2D eigenvalue weighted by Crippen LogP contribution is 2.24. The van der Waals surface area contributed by atoms with Crippen LogP contribution < -0.4 is 15.6 Å². The zero-order valence-electron chi connectivity index (χ0n) is 25.1. The minimum absolute atomic E-state index is 0.0116. The van der Waals surface area contributed by atoms with Crippen LogP contribution in [0.3, 0.4) is 0 Å². The van der Waals surface area contributed by atoms with E-state index < -0.39 is 21.5 Å². The van der Waals surface area contributed by atoms with E-state index in [9.17, 15) is 18.0 Å². The van der Waals surface area contributed by atoms with Gasteiger partial charge in [0.25, 0.3) is 15.6 Å². The monoisotopic (exact) mass is 647 g/mol. The number of Topliss-reactive ketones (excluding diaryl/α,β-unsaturated/α-hetero) is 1. The summed E-state index contributed by atoms with van der Waals surface area (Å²) in [7, 11) is -1.90. The van der Waals surface area contributed by atoms with Gasteiger partial charge in [0.05, 0.1) is 17.8 Å². The van der Waals surface area contributed by atoms with Gasteiger partial charge in [0.2, 0.25) is 10.3 Å². The van der Waals surface area contributed by atoms with Gasteiger partial charge >= 0.3 is 0 Å². The van der Waals surface area contributed by atoms with Crippen molar-refractivity contribution in [2.24, 2.45) is 5.92 Å². The van der Waals surface area contributed by atoms with Gasteiger partial charge in [0.15, 0.2) is 5.78 Å². The topological polar surface area (TPSA) is 141 Å². The zero-order valence-corrected chi connectivity index (χ0v) is 26.7. The molecule has 1 aromatic carbocycles. The molecule has 6 rings (SSSR count). The molecule has 45 heavy (non-hydrogen) atoms. The molecule has 0 bridgehead atoms. The quantitative estimate of drug-likeness (QED) is 0.217. The standard InChI is InChI=1S/C31H33N7O5S2/c1-20(2)27(39)26-16-21-17-33-30(34-22-8-10-24(11-9-22)43-25-7-5-13-36(3)19-25)35-28(21)37(29(26)40)18-23-6-4-14-38(23)45(41,42)31-32-12-15-44-31/h4,6,8-12,14-17,20,25H,5,7,13,18-19H2,1-3H3,(H,33,34,35). The summed E-state index contributed by atoms with van der Waals surface area (Å²) in [5.41, 5.74) is 0.683. The lowest BCUT2D eigenvalue weighted by Crippen LogP contribution is -2.38. The third kappa shape index (κ3) is 6.39. The summed E-state index contributed by atoms with van der Waals surface area (Å²) in [6, 6.07) is 12.2. The molecule has 0 radical (unpaired) electrons. The molecule has 1 saturated heterocycles. The Balaban J connectivity index is 1.34. The SMILES string of the molecule is CC(C)C(=O)c1cc2cnc(Nc3ccc(OC4CCCN(C)C4)cc3)nc2n(Cc2cccn2S(=O)(=O)c2nccs2)c1=O. The van der Waals surface area contributed by atoms with Crippen LogP contribution in [0.2, 0.25) is 0 Å². The normalized spacial score (nSPS) is 15.9. The predicted molar refractivity (Wildman–Crippen MR) is 172 cm³/mol. The molecule has 12 nitrogen and oxygen atoms in total. The summed E-state index contributed by atoms with van der Waals surface area (Å²) in [5, 5.41) is 5.22. The molecular formula is C31H33N7O5S2. The van der Waals surface area contributed by atoms with Gasteiger partial charge in [-0.05, 0) is 68.9 Å². The number of likely N-dealkylation sites (N-methyl/N-ethyl adjacent to an activating group) is 1. The molecule has 0 amide bonds. The third-order valence-electron chi connectivity index (χ3n) is 7.61. The first-order valence-electron chi connectivity index (χ1n) is 14.6. The number of anilines is 2. The van der Waals surface area contributed by atoms with Crippen LogP contribution in [0.15, 0.2) is 75.6 Å². The smallest absolute Gasteiger partial charge is 0.295 e. The number of carbonyl (C=O) groups is 1. The number of aromatic nitrogens is 5. The number of ketones is 1. The number of piperidine rings is 1. The summed E-state index contributed by atoms with van der Waals surface area (Å²) in [5.74, 6) is 0.246. The lowest BCUT2D eigenvalue weighted by atomic mass is 10.0. The van der Waals surface area contributed by atoms with E-state index in [0.29, 0.717) is 16.8 Å². The van der Waals surface area contributed by atoms with Gasteiger partial charge in [0.1, 0.15) is 17.5 Å². The number of nitrogens with one attached hydrogen (secondary N) is 1. The number of nitrogens with zero attached hydrogens (tertiary/aromatic N) is 6. The number of ether oxygens (including phenoxy) is 1. The molecule has 1 aliphatic heterocycles. The molecule has 1 fully saturated rings. The van der Waals surface area contributed by atoms with Crippen LogP contribution in [0, 0.1) is 5.92 Å². The number of hydrogen-bond donors (Lipinski definition) is 1. The maximum atomic E-state index is 13.8. The van der Waals surface area contributed by atoms with Gasteiger partial charge in [-0.2, -0.15) is 13.4 Å². The fraction of sp³-hybridized carbons (Fsp3) is 0.323. The minimum Gasteiger partial charge on any atom is -0.489 e. The Kier molecular flexibility index (Phi) is 8.53. The van der Waals surface area contributed by atoms with Crippen molar-refractivity contribution in [1.29, 1.82) is 0 Å². The van der Waals surface area contributed by atoms with E-state index in [1.807, 2.05) is 24.3 Å². The van der Waals surface area contributed by atoms with E-state index in [0.717, 1.165) is 47.0 Å². The second-order valence-corrected chi connectivity index (χ2v) is 14.2. The van der Waals surface area contributed by atoms with Gasteiger partial charge in [0, 0.05) is 47.5 Å². The molecule has 5 heterocycles. The lowest BCUT2D eigenvalue weighted by Gasteiger charge is -2.30. The molecule has 0 aliphatic carbocycles. The Hall–Kier alpha value is -4.40. The highest BCUT2D eigenvalue weighted by Gasteiger charge is 2.25. The van der Waals surface area contributed by atoms with Crippen LogP contribution in [0.4, 0.5) is 11.6 Å². The molecule has 1 aliphatic rings. The van der Waals surface area contributed by atoms with Gasteiger partial charge < -0.3 is 15.0 Å². The number of pyridine rings is 1. The number of fused-ring (bicyclic) bond motifs is 1. The van der Waals surface area contributed by atoms with E-state index in [1.165, 1.54) is 23.0 Å². The van der Waals surface area contributed by atoms with Crippen LogP contribution in [0.1, 0.15) is 42.7 Å². The van der Waals surface area contributed by atoms with Crippen LogP contribution in [-0.4, -0.2) is 68.8 Å². The molecule has 4 aromatic heterocycles. The molecule has 1 unspecified atom stereocenters. The summed E-state index contributed by atoms with van der Waals surface area (Å²) in [4.78, 5) is 42.2. The fourth-order valence-electron chi connectivity index (χ4n) is 5.35. The Bertz CT molecular complexity index is 2000. The number of likely N-dealkylation sites (tertiary alicyclic amines) is 1. The van der Waals surface area contributed by atoms with E-state index >= 15 is 0 Å². The summed E-state index contributed by atoms with van der Waals surface area (Å²) < 4.78 is 35.1. The average Bonchev–Trinajstić information content (AvgIpc) is 3.73. The van der Waals surface area contributed by atoms with Crippen LogP contribution in [0.5, 0.6) is 5.75 Å².